The number of rotatable bonds is 4. The first-order valence-corrected chi connectivity index (χ1v) is 6.71. The number of ketones is 1. The fourth-order valence-corrected chi connectivity index (χ4v) is 2.75. The van der Waals surface area contributed by atoms with E-state index < -0.39 is 0 Å². The van der Waals surface area contributed by atoms with Gasteiger partial charge in [-0.25, -0.2) is 0 Å². The molecule has 0 amide bonds. The minimum Gasteiger partial charge on any atom is -0.359 e. The molecule has 0 saturated carbocycles. The van der Waals surface area contributed by atoms with Crippen molar-refractivity contribution in [3.63, 3.8) is 0 Å². The lowest BCUT2D eigenvalue weighted by molar-refractivity contribution is -0.0808. The van der Waals surface area contributed by atoms with Crippen LogP contribution in [0.3, 0.4) is 0 Å². The topological polar surface area (TPSA) is 35.5 Å². The third-order valence-electron chi connectivity index (χ3n) is 3.95. The monoisotopic (exact) mass is 262 g/mol. The first-order chi connectivity index (χ1) is 8.95. The van der Waals surface area contributed by atoms with E-state index in [0.29, 0.717) is 6.79 Å². The van der Waals surface area contributed by atoms with Crippen molar-refractivity contribution < 1.29 is 14.3 Å². The molecule has 0 fully saturated rings. The second-order valence-electron chi connectivity index (χ2n) is 5.84. The molecule has 0 aliphatic heterocycles. The fourth-order valence-electron chi connectivity index (χ4n) is 2.75. The number of hydrogen-bond donors (Lipinski definition) is 0. The average molecular weight is 262 g/mol. The number of carbonyl (C=O) groups excluding carboxylic acids is 1. The van der Waals surface area contributed by atoms with E-state index >= 15 is 0 Å². The Balaban J connectivity index is 2.40. The Bertz CT molecular complexity index is 477. The number of carbonyl (C=O) groups is 1. The molecule has 19 heavy (non-hydrogen) atoms. The van der Waals surface area contributed by atoms with Crippen LogP contribution in [0.4, 0.5) is 0 Å². The summed E-state index contributed by atoms with van der Waals surface area (Å²) in [5.74, 6) is 0.110. The highest BCUT2D eigenvalue weighted by Gasteiger charge is 2.33. The van der Waals surface area contributed by atoms with E-state index in [1.165, 1.54) is 11.1 Å². The van der Waals surface area contributed by atoms with E-state index in [4.69, 9.17) is 9.47 Å². The zero-order valence-corrected chi connectivity index (χ0v) is 12.2. The van der Waals surface area contributed by atoms with Crippen LogP contribution >= 0.6 is 0 Å². The van der Waals surface area contributed by atoms with Gasteiger partial charge in [0, 0.05) is 12.7 Å². The maximum Gasteiger partial charge on any atom is 0.159 e. The summed E-state index contributed by atoms with van der Waals surface area (Å²) in [4.78, 5) is 11.5. The molecule has 0 N–H and O–H groups in total. The Kier molecular flexibility index (Phi) is 4.07. The summed E-state index contributed by atoms with van der Waals surface area (Å²) in [6.07, 6.45) is 2.11. The van der Waals surface area contributed by atoms with Gasteiger partial charge < -0.3 is 9.47 Å². The predicted octanol–water partition coefficient (Wildman–Crippen LogP) is 3.62. The summed E-state index contributed by atoms with van der Waals surface area (Å²) in [7, 11) is 1.63. The Hall–Kier alpha value is -1.19. The molecule has 0 saturated heterocycles. The Morgan fingerprint density at radius 1 is 1.42 bits per heavy atom. The van der Waals surface area contributed by atoms with Gasteiger partial charge >= 0.3 is 0 Å². The number of ether oxygens (including phenoxy) is 2. The molecule has 1 aliphatic rings. The maximum atomic E-state index is 11.5. The lowest BCUT2D eigenvalue weighted by Crippen LogP contribution is -2.28. The quantitative estimate of drug-likeness (QED) is 0.614. The molecule has 1 atom stereocenters. The summed E-state index contributed by atoms with van der Waals surface area (Å²) in [5.41, 5.74) is 3.29. The van der Waals surface area contributed by atoms with Gasteiger partial charge in [-0.1, -0.05) is 26.0 Å². The second-order valence-corrected chi connectivity index (χ2v) is 5.84. The van der Waals surface area contributed by atoms with Gasteiger partial charge in [0.1, 0.15) is 6.79 Å². The third-order valence-corrected chi connectivity index (χ3v) is 3.95. The fraction of sp³-hybridized carbons (Fsp3) is 0.562. The molecular weight excluding hydrogens is 240 g/mol. The standard InChI is InChI=1S/C16H22O3/c1-11(17)12-5-6-13-14(9-12)16(2,3)8-7-15(13)19-10-18-4/h5-6,9,15H,7-8,10H2,1-4H3. The van der Waals surface area contributed by atoms with Crippen molar-refractivity contribution in [3.8, 4) is 0 Å². The summed E-state index contributed by atoms with van der Waals surface area (Å²) < 4.78 is 10.7. The molecule has 1 unspecified atom stereocenters. The van der Waals surface area contributed by atoms with Gasteiger partial charge in [0.05, 0.1) is 6.10 Å². The van der Waals surface area contributed by atoms with Gasteiger partial charge in [-0.3, -0.25) is 4.79 Å². The molecule has 0 aromatic heterocycles. The summed E-state index contributed by atoms with van der Waals surface area (Å²) in [5, 5.41) is 0. The number of methoxy groups -OCH3 is 1. The van der Waals surface area contributed by atoms with Crippen LogP contribution < -0.4 is 0 Å². The van der Waals surface area contributed by atoms with Gasteiger partial charge in [-0.05, 0) is 42.4 Å². The second kappa shape index (κ2) is 5.43. The summed E-state index contributed by atoms with van der Waals surface area (Å²) >= 11 is 0. The van der Waals surface area contributed by atoms with Gasteiger partial charge in [-0.2, -0.15) is 0 Å². The number of benzene rings is 1. The molecule has 3 heteroatoms. The third kappa shape index (κ3) is 2.88. The number of fused-ring (bicyclic) bond motifs is 1. The first-order valence-electron chi connectivity index (χ1n) is 6.71. The minimum absolute atomic E-state index is 0.0731. The lowest BCUT2D eigenvalue weighted by atomic mass is 9.71. The largest absolute Gasteiger partial charge is 0.359 e. The summed E-state index contributed by atoms with van der Waals surface area (Å²) in [6, 6.07) is 5.96. The molecule has 0 spiro atoms. The van der Waals surface area contributed by atoms with E-state index in [0.717, 1.165) is 18.4 Å². The van der Waals surface area contributed by atoms with E-state index in [-0.39, 0.29) is 17.3 Å². The average Bonchev–Trinajstić information content (AvgIpc) is 2.37. The Morgan fingerprint density at radius 2 is 2.16 bits per heavy atom. The zero-order valence-electron chi connectivity index (χ0n) is 12.2. The van der Waals surface area contributed by atoms with Gasteiger partial charge in [-0.15, -0.1) is 0 Å². The van der Waals surface area contributed by atoms with Crippen molar-refractivity contribution in [1.29, 1.82) is 0 Å². The minimum atomic E-state index is 0.0731. The van der Waals surface area contributed by atoms with Crippen LogP contribution in [-0.4, -0.2) is 19.7 Å². The van der Waals surface area contributed by atoms with Crippen molar-refractivity contribution >= 4 is 5.78 Å². The number of hydrogen-bond acceptors (Lipinski definition) is 3. The molecule has 2 rings (SSSR count). The molecule has 0 bridgehead atoms. The van der Waals surface area contributed by atoms with E-state index in [1.807, 2.05) is 18.2 Å². The van der Waals surface area contributed by atoms with Crippen LogP contribution in [0, 0.1) is 0 Å². The van der Waals surface area contributed by atoms with Crippen molar-refractivity contribution in [3.05, 3.63) is 34.9 Å². The van der Waals surface area contributed by atoms with Crippen molar-refractivity contribution in [1.82, 2.24) is 0 Å². The zero-order chi connectivity index (χ0) is 14.0. The molecule has 104 valence electrons. The molecule has 0 heterocycles. The van der Waals surface area contributed by atoms with Crippen LogP contribution in [0.1, 0.15) is 61.2 Å². The van der Waals surface area contributed by atoms with Crippen LogP contribution in [0.5, 0.6) is 0 Å². The van der Waals surface area contributed by atoms with Crippen LogP contribution in [0.15, 0.2) is 18.2 Å². The van der Waals surface area contributed by atoms with E-state index in [9.17, 15) is 4.79 Å². The highest BCUT2D eigenvalue weighted by atomic mass is 16.7. The molecule has 0 radical (unpaired) electrons. The Labute approximate surface area is 114 Å². The van der Waals surface area contributed by atoms with Gasteiger partial charge in [0.2, 0.25) is 0 Å². The van der Waals surface area contributed by atoms with E-state index in [1.54, 1.807) is 14.0 Å². The van der Waals surface area contributed by atoms with Gasteiger partial charge in [0.15, 0.2) is 5.78 Å². The molecule has 1 aromatic carbocycles. The van der Waals surface area contributed by atoms with Crippen molar-refractivity contribution in [2.24, 2.45) is 0 Å². The maximum absolute atomic E-state index is 11.5. The van der Waals surface area contributed by atoms with Gasteiger partial charge in [0.25, 0.3) is 0 Å². The first kappa shape index (κ1) is 14.2. The van der Waals surface area contributed by atoms with Crippen molar-refractivity contribution in [2.75, 3.05) is 13.9 Å². The smallest absolute Gasteiger partial charge is 0.159 e. The molecule has 3 nitrogen and oxygen atoms in total. The predicted molar refractivity (Wildman–Crippen MR) is 74.4 cm³/mol. The van der Waals surface area contributed by atoms with Crippen LogP contribution in [-0.2, 0) is 14.9 Å². The van der Waals surface area contributed by atoms with Crippen LogP contribution in [0.25, 0.3) is 0 Å². The SMILES string of the molecule is COCOC1CCC(C)(C)c2cc(C(C)=O)ccc21. The normalized spacial score (nSPS) is 20.9. The highest BCUT2D eigenvalue weighted by Crippen LogP contribution is 2.43. The highest BCUT2D eigenvalue weighted by molar-refractivity contribution is 5.94. The van der Waals surface area contributed by atoms with E-state index in [2.05, 4.69) is 13.8 Å². The number of Topliss-reactive ketones (excluding diaryl/α,β-unsaturated/α-hetero) is 1. The van der Waals surface area contributed by atoms with Crippen LogP contribution in [0.2, 0.25) is 0 Å². The van der Waals surface area contributed by atoms with Crippen molar-refractivity contribution in [2.45, 2.75) is 45.1 Å². The molecule has 1 aromatic rings. The molecule has 1 aliphatic carbocycles. The summed E-state index contributed by atoms with van der Waals surface area (Å²) in [6.45, 7) is 6.36. The Morgan fingerprint density at radius 3 is 2.79 bits per heavy atom. The molecular formula is C16H22O3. The lowest BCUT2D eigenvalue weighted by Gasteiger charge is -2.37.